The summed E-state index contributed by atoms with van der Waals surface area (Å²) in [5.41, 5.74) is 1.03. The van der Waals surface area contributed by atoms with Crippen LogP contribution in [0.15, 0.2) is 24.3 Å². The lowest BCUT2D eigenvalue weighted by Gasteiger charge is -2.21. The Labute approximate surface area is 127 Å². The maximum atomic E-state index is 12.4. The van der Waals surface area contributed by atoms with Gasteiger partial charge < -0.3 is 10.4 Å². The SMILES string of the molecule is CSC(CO)C(C)NC(=O)c1sc2ccccc2c1C. The first-order valence-corrected chi connectivity index (χ1v) is 8.61. The van der Waals surface area contributed by atoms with E-state index in [2.05, 4.69) is 5.32 Å². The first kappa shape index (κ1) is 15.4. The van der Waals surface area contributed by atoms with E-state index in [0.717, 1.165) is 20.5 Å². The van der Waals surface area contributed by atoms with Crippen molar-refractivity contribution >= 4 is 39.1 Å². The van der Waals surface area contributed by atoms with Gasteiger partial charge in [0.1, 0.15) is 0 Å². The number of aliphatic hydroxyl groups excluding tert-OH is 1. The molecule has 2 unspecified atom stereocenters. The van der Waals surface area contributed by atoms with Crippen molar-refractivity contribution in [1.29, 1.82) is 0 Å². The molecule has 1 aromatic heterocycles. The summed E-state index contributed by atoms with van der Waals surface area (Å²) < 4.78 is 1.13. The quantitative estimate of drug-likeness (QED) is 0.892. The summed E-state index contributed by atoms with van der Waals surface area (Å²) in [6, 6.07) is 7.98. The molecule has 0 aliphatic heterocycles. The van der Waals surface area contributed by atoms with Gasteiger partial charge in [-0.25, -0.2) is 0 Å². The normalized spacial score (nSPS) is 14.2. The second-order valence-electron chi connectivity index (χ2n) is 4.77. The van der Waals surface area contributed by atoms with Crippen molar-refractivity contribution in [3.8, 4) is 0 Å². The van der Waals surface area contributed by atoms with E-state index in [9.17, 15) is 9.90 Å². The summed E-state index contributed by atoms with van der Waals surface area (Å²) in [5.74, 6) is -0.0521. The second-order valence-corrected chi connectivity index (χ2v) is 6.90. The molecule has 0 aliphatic rings. The summed E-state index contributed by atoms with van der Waals surface area (Å²) in [4.78, 5) is 13.2. The molecule has 0 aliphatic carbocycles. The van der Waals surface area contributed by atoms with Crippen LogP contribution in [0.1, 0.15) is 22.2 Å². The van der Waals surface area contributed by atoms with Crippen LogP contribution in [0.4, 0.5) is 0 Å². The molecule has 1 aromatic carbocycles. The van der Waals surface area contributed by atoms with E-state index in [-0.39, 0.29) is 23.8 Å². The summed E-state index contributed by atoms with van der Waals surface area (Å²) in [6.45, 7) is 3.97. The van der Waals surface area contributed by atoms with Crippen molar-refractivity contribution < 1.29 is 9.90 Å². The fraction of sp³-hybridized carbons (Fsp3) is 0.400. The molecule has 2 aromatic rings. The second kappa shape index (κ2) is 6.61. The third-order valence-electron chi connectivity index (χ3n) is 3.45. The van der Waals surface area contributed by atoms with Gasteiger partial charge in [-0.15, -0.1) is 11.3 Å². The van der Waals surface area contributed by atoms with Gasteiger partial charge >= 0.3 is 0 Å². The topological polar surface area (TPSA) is 49.3 Å². The Morgan fingerprint density at radius 2 is 2.15 bits per heavy atom. The molecule has 0 saturated carbocycles. The minimum absolute atomic E-state index is 0.0219. The van der Waals surface area contributed by atoms with Gasteiger partial charge in [0.15, 0.2) is 0 Å². The lowest BCUT2D eigenvalue weighted by atomic mass is 10.1. The lowest BCUT2D eigenvalue weighted by molar-refractivity contribution is 0.0939. The van der Waals surface area contributed by atoms with Gasteiger partial charge in [-0.1, -0.05) is 18.2 Å². The van der Waals surface area contributed by atoms with Crippen LogP contribution in [0.2, 0.25) is 0 Å². The molecule has 0 radical (unpaired) electrons. The lowest BCUT2D eigenvalue weighted by Crippen LogP contribution is -2.41. The van der Waals surface area contributed by atoms with Crippen LogP contribution in [-0.2, 0) is 0 Å². The van der Waals surface area contributed by atoms with Crippen LogP contribution in [0.5, 0.6) is 0 Å². The van der Waals surface area contributed by atoms with Gasteiger partial charge in [0, 0.05) is 16.0 Å². The number of hydrogen-bond acceptors (Lipinski definition) is 4. The predicted molar refractivity (Wildman–Crippen MR) is 87.9 cm³/mol. The Morgan fingerprint density at radius 3 is 2.75 bits per heavy atom. The highest BCUT2D eigenvalue weighted by Gasteiger charge is 2.21. The number of carbonyl (C=O) groups excluding carboxylic acids is 1. The highest BCUT2D eigenvalue weighted by atomic mass is 32.2. The third-order valence-corrected chi connectivity index (χ3v) is 5.88. The van der Waals surface area contributed by atoms with Crippen molar-refractivity contribution in [2.75, 3.05) is 12.9 Å². The number of amides is 1. The number of benzene rings is 1. The fourth-order valence-corrected chi connectivity index (χ4v) is 3.93. The van der Waals surface area contributed by atoms with Gasteiger partial charge in [-0.2, -0.15) is 11.8 Å². The summed E-state index contributed by atoms with van der Waals surface area (Å²) >= 11 is 3.08. The maximum Gasteiger partial charge on any atom is 0.261 e. The van der Waals surface area contributed by atoms with Gasteiger partial charge in [0.25, 0.3) is 5.91 Å². The van der Waals surface area contributed by atoms with Crippen LogP contribution in [0.25, 0.3) is 10.1 Å². The zero-order valence-electron chi connectivity index (χ0n) is 11.8. The van der Waals surface area contributed by atoms with Crippen molar-refractivity contribution in [2.24, 2.45) is 0 Å². The van der Waals surface area contributed by atoms with Crippen LogP contribution < -0.4 is 5.32 Å². The van der Waals surface area contributed by atoms with Gasteiger partial charge in [0.05, 0.1) is 11.5 Å². The van der Waals surface area contributed by atoms with E-state index in [1.54, 1.807) is 11.8 Å². The molecular weight excluding hydrogens is 290 g/mol. The molecule has 20 heavy (non-hydrogen) atoms. The third kappa shape index (κ3) is 3.00. The Balaban J connectivity index is 2.21. The molecule has 1 heterocycles. The summed E-state index contributed by atoms with van der Waals surface area (Å²) in [6.07, 6.45) is 1.94. The molecule has 1 amide bonds. The van der Waals surface area contributed by atoms with E-state index < -0.39 is 0 Å². The molecular formula is C15H19NO2S2. The number of rotatable bonds is 5. The van der Waals surface area contributed by atoms with E-state index in [4.69, 9.17) is 0 Å². The number of carbonyl (C=O) groups is 1. The van der Waals surface area contributed by atoms with Crippen molar-refractivity contribution in [2.45, 2.75) is 25.1 Å². The molecule has 2 N–H and O–H groups in total. The molecule has 3 nitrogen and oxygen atoms in total. The number of hydrogen-bond donors (Lipinski definition) is 2. The van der Waals surface area contributed by atoms with Crippen molar-refractivity contribution in [3.63, 3.8) is 0 Å². The molecule has 0 fully saturated rings. The van der Waals surface area contributed by atoms with Gasteiger partial charge in [-0.05, 0) is 37.1 Å². The molecule has 0 bridgehead atoms. The standard InChI is InChI=1S/C15H19NO2S2/c1-9-11-6-4-5-7-12(11)20-14(9)15(18)16-10(2)13(8-17)19-3/h4-7,10,13,17H,8H2,1-3H3,(H,16,18). The van der Waals surface area contributed by atoms with Crippen molar-refractivity contribution in [3.05, 3.63) is 34.7 Å². The highest BCUT2D eigenvalue weighted by Crippen LogP contribution is 2.30. The molecule has 0 spiro atoms. The summed E-state index contributed by atoms with van der Waals surface area (Å²) in [7, 11) is 0. The first-order valence-electron chi connectivity index (χ1n) is 6.51. The largest absolute Gasteiger partial charge is 0.395 e. The van der Waals surface area contributed by atoms with E-state index >= 15 is 0 Å². The Bertz CT molecular complexity index is 605. The van der Waals surface area contributed by atoms with E-state index in [0.29, 0.717) is 0 Å². The Kier molecular flexibility index (Phi) is 5.07. The predicted octanol–water partition coefficient (Wildman–Crippen LogP) is 3.05. The Morgan fingerprint density at radius 1 is 1.45 bits per heavy atom. The highest BCUT2D eigenvalue weighted by molar-refractivity contribution is 7.99. The molecule has 2 atom stereocenters. The first-order chi connectivity index (χ1) is 9.58. The monoisotopic (exact) mass is 309 g/mol. The average molecular weight is 309 g/mol. The summed E-state index contributed by atoms with van der Waals surface area (Å²) in [5, 5.41) is 13.4. The van der Waals surface area contributed by atoms with Crippen molar-refractivity contribution in [1.82, 2.24) is 5.32 Å². The van der Waals surface area contributed by atoms with E-state index in [1.165, 1.54) is 11.3 Å². The van der Waals surface area contributed by atoms with Crippen LogP contribution in [0.3, 0.4) is 0 Å². The van der Waals surface area contributed by atoms with Gasteiger partial charge in [-0.3, -0.25) is 4.79 Å². The number of thiophene rings is 1. The smallest absolute Gasteiger partial charge is 0.261 e. The van der Waals surface area contributed by atoms with Gasteiger partial charge in [0.2, 0.25) is 0 Å². The number of fused-ring (bicyclic) bond motifs is 1. The number of nitrogens with one attached hydrogen (secondary N) is 1. The Hall–Kier alpha value is -1.04. The molecule has 108 valence electrons. The van der Waals surface area contributed by atoms with Crippen LogP contribution in [-0.4, -0.2) is 35.2 Å². The molecule has 5 heteroatoms. The number of aryl methyl sites for hydroxylation is 1. The van der Waals surface area contributed by atoms with Crippen LogP contribution in [0, 0.1) is 6.92 Å². The van der Waals surface area contributed by atoms with E-state index in [1.807, 2.05) is 44.4 Å². The minimum atomic E-state index is -0.0629. The fourth-order valence-electron chi connectivity index (χ4n) is 2.19. The zero-order chi connectivity index (χ0) is 14.7. The zero-order valence-corrected chi connectivity index (χ0v) is 13.5. The maximum absolute atomic E-state index is 12.4. The number of aliphatic hydroxyl groups is 1. The average Bonchev–Trinajstić information content (AvgIpc) is 2.78. The molecule has 0 saturated heterocycles. The van der Waals surface area contributed by atoms with Crippen LogP contribution >= 0.6 is 23.1 Å². The molecule has 2 rings (SSSR count). The number of thioether (sulfide) groups is 1. The minimum Gasteiger partial charge on any atom is -0.395 e.